The molecule has 0 atom stereocenters. The Morgan fingerprint density at radius 2 is 1.86 bits per heavy atom. The molecule has 0 saturated heterocycles. The number of ether oxygens (including phenoxy) is 3. The minimum atomic E-state index is -0.261. The molecule has 0 fully saturated rings. The molecular weight excluding hydrogens is 285 g/mol. The maximum atomic E-state index is 13.1. The molecule has 2 aromatic carbocycles. The molecular formula is C17H20FNO3. The van der Waals surface area contributed by atoms with Crippen molar-refractivity contribution in [2.75, 3.05) is 32.8 Å². The van der Waals surface area contributed by atoms with Gasteiger partial charge in [-0.3, -0.25) is 0 Å². The van der Waals surface area contributed by atoms with Crippen molar-refractivity contribution in [3.05, 3.63) is 53.8 Å². The van der Waals surface area contributed by atoms with E-state index in [1.165, 1.54) is 12.1 Å². The molecule has 0 unspecified atom stereocenters. The second-order valence-corrected chi connectivity index (χ2v) is 4.69. The molecule has 1 N–H and O–H groups in total. The zero-order chi connectivity index (χ0) is 15.8. The van der Waals surface area contributed by atoms with Crippen molar-refractivity contribution in [2.24, 2.45) is 0 Å². The van der Waals surface area contributed by atoms with Crippen LogP contribution in [0.4, 0.5) is 10.1 Å². The fourth-order valence-corrected chi connectivity index (χ4v) is 1.98. The van der Waals surface area contributed by atoms with Crippen molar-refractivity contribution in [1.29, 1.82) is 0 Å². The Hall–Kier alpha value is -2.27. The van der Waals surface area contributed by atoms with Crippen LogP contribution in [0.1, 0.15) is 5.56 Å². The van der Waals surface area contributed by atoms with E-state index < -0.39 is 0 Å². The molecule has 22 heavy (non-hydrogen) atoms. The van der Waals surface area contributed by atoms with Crippen LogP contribution in [-0.4, -0.2) is 27.4 Å². The van der Waals surface area contributed by atoms with Gasteiger partial charge in [0, 0.05) is 19.3 Å². The van der Waals surface area contributed by atoms with Crippen LogP contribution in [0.5, 0.6) is 11.5 Å². The highest BCUT2D eigenvalue weighted by Crippen LogP contribution is 2.28. The summed E-state index contributed by atoms with van der Waals surface area (Å²) in [5.74, 6) is 1.08. The number of nitrogens with one attached hydrogen (secondary N) is 1. The summed E-state index contributed by atoms with van der Waals surface area (Å²) in [6, 6.07) is 12.1. The van der Waals surface area contributed by atoms with E-state index in [4.69, 9.17) is 14.2 Å². The Kier molecular flexibility index (Phi) is 6.03. The molecule has 2 rings (SSSR count). The van der Waals surface area contributed by atoms with Crippen molar-refractivity contribution in [1.82, 2.24) is 0 Å². The third-order valence-electron chi connectivity index (χ3n) is 3.09. The first-order valence-electron chi connectivity index (χ1n) is 7.01. The van der Waals surface area contributed by atoms with Crippen LogP contribution >= 0.6 is 0 Å². The number of hydrogen-bond acceptors (Lipinski definition) is 4. The van der Waals surface area contributed by atoms with E-state index in [1.807, 2.05) is 24.3 Å². The first-order chi connectivity index (χ1) is 10.7. The number of hydrogen-bond donors (Lipinski definition) is 1. The third-order valence-corrected chi connectivity index (χ3v) is 3.09. The number of halogens is 1. The fraction of sp³-hybridized carbons (Fsp3) is 0.294. The maximum Gasteiger partial charge on any atom is 0.161 e. The number of rotatable bonds is 8. The van der Waals surface area contributed by atoms with Crippen molar-refractivity contribution >= 4 is 5.69 Å². The second kappa shape index (κ2) is 8.24. The third kappa shape index (κ3) is 4.63. The molecule has 0 spiro atoms. The van der Waals surface area contributed by atoms with E-state index in [-0.39, 0.29) is 5.82 Å². The van der Waals surface area contributed by atoms with E-state index in [0.717, 1.165) is 11.3 Å². The number of anilines is 1. The maximum absolute atomic E-state index is 13.1. The molecule has 5 heteroatoms. The Balaban J connectivity index is 2.02. The van der Waals surface area contributed by atoms with Crippen molar-refractivity contribution in [3.63, 3.8) is 0 Å². The molecule has 0 amide bonds. The van der Waals surface area contributed by atoms with Gasteiger partial charge in [0.25, 0.3) is 0 Å². The van der Waals surface area contributed by atoms with Gasteiger partial charge >= 0.3 is 0 Å². The smallest absolute Gasteiger partial charge is 0.161 e. The Labute approximate surface area is 129 Å². The van der Waals surface area contributed by atoms with Crippen LogP contribution in [-0.2, 0) is 11.3 Å². The largest absolute Gasteiger partial charge is 0.493 e. The Morgan fingerprint density at radius 1 is 1.00 bits per heavy atom. The highest BCUT2D eigenvalue weighted by molar-refractivity contribution is 5.46. The van der Waals surface area contributed by atoms with Crippen LogP contribution in [0, 0.1) is 5.82 Å². The molecule has 0 heterocycles. The lowest BCUT2D eigenvalue weighted by Crippen LogP contribution is -2.06. The van der Waals surface area contributed by atoms with Gasteiger partial charge in [-0.05, 0) is 35.9 Å². The quantitative estimate of drug-likeness (QED) is 0.758. The summed E-state index contributed by atoms with van der Waals surface area (Å²) >= 11 is 0. The predicted octanol–water partition coefficient (Wildman–Crippen LogP) is 3.47. The van der Waals surface area contributed by atoms with Gasteiger partial charge in [0.1, 0.15) is 12.4 Å². The summed E-state index contributed by atoms with van der Waals surface area (Å²) < 4.78 is 29.0. The summed E-state index contributed by atoms with van der Waals surface area (Å²) in [6.07, 6.45) is 0. The summed E-state index contributed by atoms with van der Waals surface area (Å²) in [7, 11) is 3.23. The van der Waals surface area contributed by atoms with Gasteiger partial charge in [-0.25, -0.2) is 4.39 Å². The lowest BCUT2D eigenvalue weighted by atomic mass is 10.2. The van der Waals surface area contributed by atoms with Crippen LogP contribution in [0.2, 0.25) is 0 Å². The van der Waals surface area contributed by atoms with Gasteiger partial charge in [0.15, 0.2) is 11.5 Å². The van der Waals surface area contributed by atoms with Gasteiger partial charge in [-0.2, -0.15) is 0 Å². The highest BCUT2D eigenvalue weighted by atomic mass is 19.1. The summed E-state index contributed by atoms with van der Waals surface area (Å²) in [5.41, 5.74) is 1.75. The number of benzene rings is 2. The van der Waals surface area contributed by atoms with Gasteiger partial charge in [0.05, 0.1) is 13.7 Å². The van der Waals surface area contributed by atoms with Crippen LogP contribution in [0.3, 0.4) is 0 Å². The normalized spacial score (nSPS) is 10.3. The SMILES string of the molecule is COCCOc1cc(CNc2cccc(F)c2)ccc1OC. The topological polar surface area (TPSA) is 39.7 Å². The number of methoxy groups -OCH3 is 2. The zero-order valence-electron chi connectivity index (χ0n) is 12.8. The lowest BCUT2D eigenvalue weighted by molar-refractivity contribution is 0.144. The molecule has 0 aliphatic rings. The standard InChI is InChI=1S/C17H20FNO3/c1-20-8-9-22-17-10-13(6-7-16(17)21-2)12-19-15-5-3-4-14(18)11-15/h3-7,10-11,19H,8-9,12H2,1-2H3. The second-order valence-electron chi connectivity index (χ2n) is 4.69. The van der Waals surface area contributed by atoms with Gasteiger partial charge < -0.3 is 19.5 Å². The molecule has 0 aliphatic carbocycles. The minimum Gasteiger partial charge on any atom is -0.493 e. The molecule has 2 aromatic rings. The van der Waals surface area contributed by atoms with Crippen LogP contribution in [0.15, 0.2) is 42.5 Å². The van der Waals surface area contributed by atoms with E-state index in [9.17, 15) is 4.39 Å². The van der Waals surface area contributed by atoms with Gasteiger partial charge in [-0.15, -0.1) is 0 Å². The monoisotopic (exact) mass is 305 g/mol. The molecule has 0 bridgehead atoms. The van der Waals surface area contributed by atoms with E-state index in [1.54, 1.807) is 20.3 Å². The van der Waals surface area contributed by atoms with E-state index in [0.29, 0.717) is 31.3 Å². The average molecular weight is 305 g/mol. The lowest BCUT2D eigenvalue weighted by Gasteiger charge is -2.13. The molecule has 118 valence electrons. The van der Waals surface area contributed by atoms with Crippen molar-refractivity contribution in [3.8, 4) is 11.5 Å². The highest BCUT2D eigenvalue weighted by Gasteiger charge is 2.06. The van der Waals surface area contributed by atoms with Gasteiger partial charge in [-0.1, -0.05) is 12.1 Å². The van der Waals surface area contributed by atoms with E-state index in [2.05, 4.69) is 5.32 Å². The predicted molar refractivity (Wildman–Crippen MR) is 84.1 cm³/mol. The molecule has 0 saturated carbocycles. The Bertz CT molecular complexity index is 604. The van der Waals surface area contributed by atoms with Gasteiger partial charge in [0.2, 0.25) is 0 Å². The van der Waals surface area contributed by atoms with Crippen molar-refractivity contribution < 1.29 is 18.6 Å². The van der Waals surface area contributed by atoms with Crippen LogP contribution in [0.25, 0.3) is 0 Å². The molecule has 0 aromatic heterocycles. The zero-order valence-corrected chi connectivity index (χ0v) is 12.8. The minimum absolute atomic E-state index is 0.261. The Morgan fingerprint density at radius 3 is 2.59 bits per heavy atom. The first-order valence-corrected chi connectivity index (χ1v) is 7.01. The summed E-state index contributed by atoms with van der Waals surface area (Å²) in [6.45, 7) is 1.52. The summed E-state index contributed by atoms with van der Waals surface area (Å²) in [4.78, 5) is 0. The molecule has 0 radical (unpaired) electrons. The summed E-state index contributed by atoms with van der Waals surface area (Å²) in [5, 5.41) is 3.17. The first kappa shape index (κ1) is 16.1. The van der Waals surface area contributed by atoms with Crippen molar-refractivity contribution in [2.45, 2.75) is 6.54 Å². The van der Waals surface area contributed by atoms with Crippen LogP contribution < -0.4 is 14.8 Å². The molecule has 0 aliphatic heterocycles. The van der Waals surface area contributed by atoms with E-state index >= 15 is 0 Å². The fourth-order valence-electron chi connectivity index (χ4n) is 1.98. The average Bonchev–Trinajstić information content (AvgIpc) is 2.53. The molecule has 4 nitrogen and oxygen atoms in total.